The molecule has 1 saturated carbocycles. The van der Waals surface area contributed by atoms with Crippen molar-refractivity contribution in [1.82, 2.24) is 9.80 Å². The number of benzene rings is 2. The van der Waals surface area contributed by atoms with E-state index in [-0.39, 0.29) is 23.8 Å². The Balaban J connectivity index is 1.48. The van der Waals surface area contributed by atoms with Crippen LogP contribution in [0.3, 0.4) is 0 Å². The van der Waals surface area contributed by atoms with Crippen molar-refractivity contribution in [2.75, 3.05) is 26.2 Å². The van der Waals surface area contributed by atoms with Gasteiger partial charge >= 0.3 is 0 Å². The fourth-order valence-corrected chi connectivity index (χ4v) is 3.97. The highest BCUT2D eigenvalue weighted by molar-refractivity contribution is 5.86. The number of hydrogen-bond donors (Lipinski definition) is 0. The first-order valence-electron chi connectivity index (χ1n) is 9.36. The van der Waals surface area contributed by atoms with E-state index in [1.54, 1.807) is 0 Å². The van der Waals surface area contributed by atoms with Crippen LogP contribution in [0.15, 0.2) is 60.7 Å². The number of aldehydes is 1. The van der Waals surface area contributed by atoms with Crippen LogP contribution in [0.25, 0.3) is 0 Å². The highest BCUT2D eigenvalue weighted by atomic mass is 16.2. The third-order valence-corrected chi connectivity index (χ3v) is 5.55. The van der Waals surface area contributed by atoms with Gasteiger partial charge in [-0.05, 0) is 17.5 Å². The third-order valence-electron chi connectivity index (χ3n) is 5.55. The summed E-state index contributed by atoms with van der Waals surface area (Å²) in [6.07, 6.45) is 1.67. The summed E-state index contributed by atoms with van der Waals surface area (Å²) in [7, 11) is 0. The summed E-state index contributed by atoms with van der Waals surface area (Å²) in [6.45, 7) is 3.16. The first-order valence-corrected chi connectivity index (χ1v) is 9.36. The normalized spacial score (nSPS) is 23.0. The highest BCUT2D eigenvalue weighted by Gasteiger charge is 2.45. The molecule has 2 fully saturated rings. The van der Waals surface area contributed by atoms with Gasteiger partial charge in [-0.3, -0.25) is 9.69 Å². The van der Waals surface area contributed by atoms with E-state index in [0.717, 1.165) is 38.9 Å². The Bertz CT molecular complexity index is 715. The first kappa shape index (κ1) is 17.0. The zero-order chi connectivity index (χ0) is 17.9. The van der Waals surface area contributed by atoms with Gasteiger partial charge in [0, 0.05) is 38.0 Å². The summed E-state index contributed by atoms with van der Waals surface area (Å²) >= 11 is 0. The van der Waals surface area contributed by atoms with Gasteiger partial charge in [-0.1, -0.05) is 60.7 Å². The molecule has 2 aromatic rings. The van der Waals surface area contributed by atoms with Crippen molar-refractivity contribution in [3.8, 4) is 0 Å². The van der Waals surface area contributed by atoms with Gasteiger partial charge in [-0.25, -0.2) is 0 Å². The van der Waals surface area contributed by atoms with E-state index in [1.165, 1.54) is 11.1 Å². The monoisotopic (exact) mass is 348 g/mol. The van der Waals surface area contributed by atoms with Crippen molar-refractivity contribution in [3.63, 3.8) is 0 Å². The summed E-state index contributed by atoms with van der Waals surface area (Å²) in [5.74, 6) is 0.0673. The Hall–Kier alpha value is -2.46. The zero-order valence-corrected chi connectivity index (χ0v) is 14.8. The maximum Gasteiger partial charge on any atom is 0.226 e. The number of rotatable bonds is 5. The van der Waals surface area contributed by atoms with E-state index in [9.17, 15) is 9.59 Å². The second-order valence-corrected chi connectivity index (χ2v) is 7.23. The Morgan fingerprint density at radius 1 is 0.885 bits per heavy atom. The van der Waals surface area contributed by atoms with Crippen LogP contribution in [0.1, 0.15) is 23.6 Å². The highest BCUT2D eigenvalue weighted by Crippen LogP contribution is 2.38. The minimum atomic E-state index is -0.0573. The summed E-state index contributed by atoms with van der Waals surface area (Å²) in [5.41, 5.74) is 2.56. The Labute approximate surface area is 154 Å². The van der Waals surface area contributed by atoms with Crippen molar-refractivity contribution in [2.24, 2.45) is 11.8 Å². The molecule has 0 bridgehead atoms. The number of carbonyl (C=O) groups is 2. The molecule has 1 saturated heterocycles. The minimum Gasteiger partial charge on any atom is -0.340 e. The fraction of sp³-hybridized carbons (Fsp3) is 0.364. The van der Waals surface area contributed by atoms with Gasteiger partial charge in [0.1, 0.15) is 6.29 Å². The lowest BCUT2D eigenvalue weighted by molar-refractivity contribution is -0.135. The number of nitrogens with zero attached hydrogens (tertiary/aromatic N) is 2. The average molecular weight is 348 g/mol. The minimum absolute atomic E-state index is 0.0399. The molecule has 0 radical (unpaired) electrons. The molecule has 1 heterocycles. The average Bonchev–Trinajstić information content (AvgIpc) is 3.50. The number of piperazine rings is 1. The predicted octanol–water partition coefficient (Wildman–Crippen LogP) is 2.76. The molecule has 0 N–H and O–H groups in total. The Morgan fingerprint density at radius 2 is 1.42 bits per heavy atom. The zero-order valence-electron chi connectivity index (χ0n) is 14.8. The van der Waals surface area contributed by atoms with Crippen LogP contribution in [0.5, 0.6) is 0 Å². The van der Waals surface area contributed by atoms with Crippen LogP contribution >= 0.6 is 0 Å². The molecule has 2 aromatic carbocycles. The van der Waals surface area contributed by atoms with Crippen molar-refractivity contribution in [2.45, 2.75) is 12.5 Å². The molecule has 1 amide bonds. The summed E-state index contributed by atoms with van der Waals surface area (Å²) < 4.78 is 0. The van der Waals surface area contributed by atoms with E-state index in [0.29, 0.717) is 0 Å². The smallest absolute Gasteiger partial charge is 0.226 e. The molecule has 4 nitrogen and oxygen atoms in total. The lowest BCUT2D eigenvalue weighted by Gasteiger charge is -2.40. The van der Waals surface area contributed by atoms with Crippen LogP contribution in [-0.4, -0.2) is 48.2 Å². The van der Waals surface area contributed by atoms with Crippen molar-refractivity contribution >= 4 is 12.2 Å². The van der Waals surface area contributed by atoms with E-state index in [1.807, 2.05) is 17.0 Å². The second-order valence-electron chi connectivity index (χ2n) is 7.23. The van der Waals surface area contributed by atoms with Crippen LogP contribution in [0, 0.1) is 11.8 Å². The van der Waals surface area contributed by atoms with Crippen LogP contribution in [0.2, 0.25) is 0 Å². The molecule has 1 aliphatic heterocycles. The maximum atomic E-state index is 12.5. The van der Waals surface area contributed by atoms with Crippen LogP contribution in [-0.2, 0) is 9.59 Å². The lowest BCUT2D eigenvalue weighted by Crippen LogP contribution is -2.50. The number of hydrogen-bond acceptors (Lipinski definition) is 3. The molecular weight excluding hydrogens is 324 g/mol. The van der Waals surface area contributed by atoms with Gasteiger partial charge in [0.2, 0.25) is 5.91 Å². The molecule has 134 valence electrons. The summed E-state index contributed by atoms with van der Waals surface area (Å²) in [6, 6.07) is 21.3. The third kappa shape index (κ3) is 3.42. The van der Waals surface area contributed by atoms with Gasteiger partial charge in [0.15, 0.2) is 0 Å². The molecule has 1 unspecified atom stereocenters. The van der Waals surface area contributed by atoms with Crippen molar-refractivity contribution < 1.29 is 9.59 Å². The van der Waals surface area contributed by atoms with E-state index < -0.39 is 0 Å². The fourth-order valence-electron chi connectivity index (χ4n) is 3.97. The predicted molar refractivity (Wildman–Crippen MR) is 101 cm³/mol. The molecule has 1 aliphatic carbocycles. The summed E-state index contributed by atoms with van der Waals surface area (Å²) in [4.78, 5) is 27.7. The molecule has 2 atom stereocenters. The van der Waals surface area contributed by atoms with Gasteiger partial charge in [-0.15, -0.1) is 0 Å². The van der Waals surface area contributed by atoms with E-state index >= 15 is 0 Å². The van der Waals surface area contributed by atoms with Crippen molar-refractivity contribution in [1.29, 1.82) is 0 Å². The van der Waals surface area contributed by atoms with Crippen LogP contribution < -0.4 is 0 Å². The number of carbonyl (C=O) groups excluding carboxylic acids is 2. The molecular formula is C22H24N2O2. The molecule has 0 spiro atoms. The quantitative estimate of drug-likeness (QED) is 0.780. The van der Waals surface area contributed by atoms with E-state index in [4.69, 9.17) is 0 Å². The van der Waals surface area contributed by atoms with Gasteiger partial charge in [0.05, 0.1) is 6.04 Å². The summed E-state index contributed by atoms with van der Waals surface area (Å²) in [5, 5.41) is 0. The molecule has 4 heteroatoms. The molecule has 26 heavy (non-hydrogen) atoms. The van der Waals surface area contributed by atoms with Crippen LogP contribution in [0.4, 0.5) is 0 Å². The maximum absolute atomic E-state index is 12.5. The van der Waals surface area contributed by atoms with Gasteiger partial charge in [-0.2, -0.15) is 0 Å². The van der Waals surface area contributed by atoms with Gasteiger partial charge in [0.25, 0.3) is 0 Å². The molecule has 4 rings (SSSR count). The number of amides is 1. The lowest BCUT2D eigenvalue weighted by atomic mass is 9.96. The van der Waals surface area contributed by atoms with E-state index in [2.05, 4.69) is 53.4 Å². The SMILES string of the molecule is O=C[C@H]1CC1C(=O)N1CCN(C(c2ccccc2)c2ccccc2)CC1. The Morgan fingerprint density at radius 3 is 1.88 bits per heavy atom. The molecule has 0 aromatic heterocycles. The first-order chi connectivity index (χ1) is 12.8. The topological polar surface area (TPSA) is 40.6 Å². The second kappa shape index (κ2) is 7.42. The van der Waals surface area contributed by atoms with Crippen molar-refractivity contribution in [3.05, 3.63) is 71.8 Å². The standard InChI is InChI=1S/C22H24N2O2/c25-16-19-15-20(19)22(26)24-13-11-23(12-14-24)21(17-7-3-1-4-8-17)18-9-5-2-6-10-18/h1-10,16,19-21H,11-15H2/t19-,20?/m1/s1. The van der Waals surface area contributed by atoms with Gasteiger partial charge < -0.3 is 9.69 Å². The largest absolute Gasteiger partial charge is 0.340 e. The Kier molecular flexibility index (Phi) is 4.85. The molecule has 2 aliphatic rings.